The molecule has 1 rings (SSSR count). The zero-order valence-electron chi connectivity index (χ0n) is 7.67. The number of methoxy groups -OCH3 is 1. The van der Waals surface area contributed by atoms with Crippen LogP contribution in [0.2, 0.25) is 5.15 Å². The van der Waals surface area contributed by atoms with Gasteiger partial charge in [0.05, 0.1) is 6.61 Å². The smallest absolute Gasteiger partial charge is 0.134 e. The minimum Gasteiger partial charge on any atom is -0.383 e. The molecular formula is C8H12ClN3O. The molecule has 0 bridgehead atoms. The molecule has 1 N–H and O–H groups in total. The van der Waals surface area contributed by atoms with Crippen LogP contribution in [0, 0.1) is 6.92 Å². The second-order valence-corrected chi connectivity index (χ2v) is 2.93. The molecule has 5 heteroatoms. The Kier molecular flexibility index (Phi) is 3.92. The number of rotatable bonds is 4. The predicted octanol–water partition coefficient (Wildman–Crippen LogP) is 1.50. The zero-order chi connectivity index (χ0) is 9.68. The molecule has 0 atom stereocenters. The van der Waals surface area contributed by atoms with Crippen molar-refractivity contribution in [1.29, 1.82) is 0 Å². The molecule has 4 nitrogen and oxygen atoms in total. The molecule has 0 saturated heterocycles. The highest BCUT2D eigenvalue weighted by Crippen LogP contribution is 2.10. The van der Waals surface area contributed by atoms with Crippen molar-refractivity contribution in [1.82, 2.24) is 9.97 Å². The van der Waals surface area contributed by atoms with Crippen LogP contribution in [-0.2, 0) is 4.74 Å². The Morgan fingerprint density at radius 3 is 2.92 bits per heavy atom. The molecule has 0 unspecified atom stereocenters. The van der Waals surface area contributed by atoms with E-state index in [1.807, 2.05) is 0 Å². The summed E-state index contributed by atoms with van der Waals surface area (Å²) in [6.45, 7) is 3.15. The summed E-state index contributed by atoms with van der Waals surface area (Å²) in [5, 5.41) is 3.52. The van der Waals surface area contributed by atoms with E-state index >= 15 is 0 Å². The summed E-state index contributed by atoms with van der Waals surface area (Å²) >= 11 is 5.74. The van der Waals surface area contributed by atoms with Gasteiger partial charge in [-0.05, 0) is 6.92 Å². The molecule has 0 amide bonds. The number of hydrogen-bond donors (Lipinski definition) is 1. The molecule has 0 saturated carbocycles. The van der Waals surface area contributed by atoms with Gasteiger partial charge in [0.15, 0.2) is 0 Å². The lowest BCUT2D eigenvalue weighted by Crippen LogP contribution is -2.09. The molecule has 0 aliphatic carbocycles. The average molecular weight is 202 g/mol. The number of halogens is 1. The predicted molar refractivity (Wildman–Crippen MR) is 52.1 cm³/mol. The molecule has 72 valence electrons. The first kappa shape index (κ1) is 10.2. The molecule has 0 aliphatic heterocycles. The van der Waals surface area contributed by atoms with Gasteiger partial charge in [0.2, 0.25) is 0 Å². The molecular weight excluding hydrogens is 190 g/mol. The summed E-state index contributed by atoms with van der Waals surface area (Å²) < 4.78 is 4.89. The molecule has 0 aliphatic rings. The summed E-state index contributed by atoms with van der Waals surface area (Å²) in [5.74, 6) is 1.39. The Morgan fingerprint density at radius 1 is 1.54 bits per heavy atom. The molecule has 1 aromatic rings. The van der Waals surface area contributed by atoms with Gasteiger partial charge in [0, 0.05) is 19.7 Å². The van der Waals surface area contributed by atoms with Gasteiger partial charge in [0.1, 0.15) is 16.8 Å². The monoisotopic (exact) mass is 201 g/mol. The number of ether oxygens (including phenoxy) is 1. The minimum atomic E-state index is 0.451. The quantitative estimate of drug-likeness (QED) is 0.593. The third-order valence-corrected chi connectivity index (χ3v) is 1.61. The molecule has 0 fully saturated rings. The second kappa shape index (κ2) is 4.99. The third-order valence-electron chi connectivity index (χ3n) is 1.42. The normalized spacial score (nSPS) is 10.1. The van der Waals surface area contributed by atoms with E-state index in [0.29, 0.717) is 24.1 Å². The first-order chi connectivity index (χ1) is 6.22. The maximum absolute atomic E-state index is 5.74. The fourth-order valence-electron chi connectivity index (χ4n) is 0.903. The van der Waals surface area contributed by atoms with Gasteiger partial charge in [-0.2, -0.15) is 0 Å². The van der Waals surface area contributed by atoms with Crippen molar-refractivity contribution in [2.75, 3.05) is 25.6 Å². The van der Waals surface area contributed by atoms with Crippen molar-refractivity contribution in [2.45, 2.75) is 6.92 Å². The summed E-state index contributed by atoms with van der Waals surface area (Å²) in [6.07, 6.45) is 0. The molecule has 0 aromatic carbocycles. The highest BCUT2D eigenvalue weighted by Gasteiger charge is 1.98. The fourth-order valence-corrected chi connectivity index (χ4v) is 1.13. The largest absolute Gasteiger partial charge is 0.383 e. The highest BCUT2D eigenvalue weighted by atomic mass is 35.5. The van der Waals surface area contributed by atoms with Crippen LogP contribution in [0.5, 0.6) is 0 Å². The minimum absolute atomic E-state index is 0.451. The lowest BCUT2D eigenvalue weighted by Gasteiger charge is -2.05. The standard InChI is InChI=1S/C8H12ClN3O/c1-6-11-7(9)5-8(12-6)10-3-4-13-2/h5H,3-4H2,1-2H3,(H,10,11,12). The van der Waals surface area contributed by atoms with Crippen LogP contribution in [0.15, 0.2) is 6.07 Å². The van der Waals surface area contributed by atoms with Crippen molar-refractivity contribution in [3.63, 3.8) is 0 Å². The van der Waals surface area contributed by atoms with Gasteiger partial charge >= 0.3 is 0 Å². The van der Waals surface area contributed by atoms with Crippen LogP contribution < -0.4 is 5.32 Å². The van der Waals surface area contributed by atoms with E-state index in [2.05, 4.69) is 15.3 Å². The Hall–Kier alpha value is -0.870. The average Bonchev–Trinajstić information content (AvgIpc) is 2.03. The number of aryl methyl sites for hydroxylation is 1. The Balaban J connectivity index is 2.56. The molecule has 1 heterocycles. The fraction of sp³-hybridized carbons (Fsp3) is 0.500. The number of nitrogens with zero attached hydrogens (tertiary/aromatic N) is 2. The van der Waals surface area contributed by atoms with E-state index in [1.54, 1.807) is 20.1 Å². The van der Waals surface area contributed by atoms with Crippen molar-refractivity contribution in [3.8, 4) is 0 Å². The van der Waals surface area contributed by atoms with Crippen LogP contribution >= 0.6 is 11.6 Å². The number of hydrogen-bond acceptors (Lipinski definition) is 4. The summed E-state index contributed by atoms with van der Waals surface area (Å²) in [4.78, 5) is 8.09. The van der Waals surface area contributed by atoms with Gasteiger partial charge in [-0.15, -0.1) is 0 Å². The van der Waals surface area contributed by atoms with Crippen molar-refractivity contribution in [3.05, 3.63) is 17.0 Å². The van der Waals surface area contributed by atoms with Gasteiger partial charge in [-0.1, -0.05) is 11.6 Å². The number of anilines is 1. The third kappa shape index (κ3) is 3.57. The van der Waals surface area contributed by atoms with Gasteiger partial charge in [0.25, 0.3) is 0 Å². The van der Waals surface area contributed by atoms with Crippen LogP contribution in [0.3, 0.4) is 0 Å². The molecule has 13 heavy (non-hydrogen) atoms. The van der Waals surface area contributed by atoms with E-state index in [0.717, 1.165) is 5.82 Å². The first-order valence-electron chi connectivity index (χ1n) is 3.96. The number of aromatic nitrogens is 2. The topological polar surface area (TPSA) is 47.0 Å². The maximum Gasteiger partial charge on any atom is 0.134 e. The van der Waals surface area contributed by atoms with Crippen molar-refractivity contribution in [2.24, 2.45) is 0 Å². The van der Waals surface area contributed by atoms with E-state index in [4.69, 9.17) is 16.3 Å². The first-order valence-corrected chi connectivity index (χ1v) is 4.34. The summed E-state index contributed by atoms with van der Waals surface area (Å²) in [6, 6.07) is 1.68. The SMILES string of the molecule is COCCNc1cc(Cl)nc(C)n1. The Morgan fingerprint density at radius 2 is 2.31 bits per heavy atom. The van der Waals surface area contributed by atoms with Gasteiger partial charge < -0.3 is 10.1 Å². The summed E-state index contributed by atoms with van der Waals surface area (Å²) in [5.41, 5.74) is 0. The summed E-state index contributed by atoms with van der Waals surface area (Å²) in [7, 11) is 1.65. The molecule has 0 radical (unpaired) electrons. The van der Waals surface area contributed by atoms with Crippen molar-refractivity contribution >= 4 is 17.4 Å². The Labute approximate surface area is 82.3 Å². The lowest BCUT2D eigenvalue weighted by molar-refractivity contribution is 0.210. The maximum atomic E-state index is 5.74. The van der Waals surface area contributed by atoms with E-state index in [-0.39, 0.29) is 0 Å². The molecule has 0 spiro atoms. The van der Waals surface area contributed by atoms with Crippen LogP contribution in [0.1, 0.15) is 5.82 Å². The number of nitrogens with one attached hydrogen (secondary N) is 1. The highest BCUT2D eigenvalue weighted by molar-refractivity contribution is 6.29. The Bertz CT molecular complexity index is 260. The van der Waals surface area contributed by atoms with Gasteiger partial charge in [-0.25, -0.2) is 9.97 Å². The lowest BCUT2D eigenvalue weighted by atomic mass is 10.5. The van der Waals surface area contributed by atoms with E-state index in [1.165, 1.54) is 0 Å². The second-order valence-electron chi connectivity index (χ2n) is 2.54. The van der Waals surface area contributed by atoms with Gasteiger partial charge in [-0.3, -0.25) is 0 Å². The van der Waals surface area contributed by atoms with Crippen molar-refractivity contribution < 1.29 is 4.74 Å². The van der Waals surface area contributed by atoms with Crippen LogP contribution in [0.25, 0.3) is 0 Å². The van der Waals surface area contributed by atoms with Crippen LogP contribution in [0.4, 0.5) is 5.82 Å². The van der Waals surface area contributed by atoms with E-state index in [9.17, 15) is 0 Å². The zero-order valence-corrected chi connectivity index (χ0v) is 8.43. The molecule has 1 aromatic heterocycles. The van der Waals surface area contributed by atoms with Crippen LogP contribution in [-0.4, -0.2) is 30.2 Å². The van der Waals surface area contributed by atoms with E-state index < -0.39 is 0 Å².